The highest BCUT2D eigenvalue weighted by Gasteiger charge is 2.15. The number of nitrogens with two attached hydrogens (primary N) is 1. The molecule has 0 aromatic heterocycles. The Labute approximate surface area is 167 Å². The maximum absolute atomic E-state index is 12.5. The number of hydrogen-bond donors (Lipinski definition) is 3. The van der Waals surface area contributed by atoms with Crippen molar-refractivity contribution in [3.63, 3.8) is 0 Å². The molecule has 146 valence electrons. The van der Waals surface area contributed by atoms with Crippen LogP contribution >= 0.6 is 12.4 Å². The van der Waals surface area contributed by atoms with Crippen molar-refractivity contribution >= 4 is 35.6 Å². The number of carbonyl (C=O) groups is 2. The van der Waals surface area contributed by atoms with E-state index < -0.39 is 0 Å². The zero-order valence-electron chi connectivity index (χ0n) is 16.0. The third kappa shape index (κ3) is 6.70. The van der Waals surface area contributed by atoms with Crippen LogP contribution in [0.15, 0.2) is 48.5 Å². The van der Waals surface area contributed by atoms with Gasteiger partial charge >= 0.3 is 0 Å². The Morgan fingerprint density at radius 2 is 1.48 bits per heavy atom. The van der Waals surface area contributed by atoms with Gasteiger partial charge in [-0.25, -0.2) is 0 Å². The van der Waals surface area contributed by atoms with E-state index >= 15 is 0 Å². The van der Waals surface area contributed by atoms with Crippen LogP contribution in [0.4, 0.5) is 11.4 Å². The first-order valence-corrected chi connectivity index (χ1v) is 8.82. The zero-order chi connectivity index (χ0) is 19.2. The van der Waals surface area contributed by atoms with Gasteiger partial charge in [0, 0.05) is 12.0 Å². The molecule has 4 N–H and O–H groups in total. The highest BCUT2D eigenvalue weighted by molar-refractivity contribution is 6.07. The van der Waals surface area contributed by atoms with E-state index in [9.17, 15) is 9.59 Å². The molecule has 0 unspecified atom stereocenters. The van der Waals surface area contributed by atoms with Crippen LogP contribution in [-0.2, 0) is 10.2 Å². The average molecular weight is 390 g/mol. The van der Waals surface area contributed by atoms with Crippen LogP contribution in [0.2, 0.25) is 0 Å². The molecule has 5 nitrogen and oxygen atoms in total. The molecule has 0 bridgehead atoms. The normalized spacial score (nSPS) is 10.7. The van der Waals surface area contributed by atoms with Gasteiger partial charge < -0.3 is 16.4 Å². The molecule has 0 saturated carbocycles. The number of carbonyl (C=O) groups excluding carboxylic acids is 2. The molecule has 0 fully saturated rings. The van der Waals surface area contributed by atoms with Crippen molar-refractivity contribution in [3.8, 4) is 0 Å². The molecule has 2 amide bonds. The molecule has 6 heteroatoms. The van der Waals surface area contributed by atoms with Gasteiger partial charge in [-0.15, -0.1) is 12.4 Å². The summed E-state index contributed by atoms with van der Waals surface area (Å²) in [5.41, 5.74) is 8.35. The minimum atomic E-state index is -0.214. The van der Waals surface area contributed by atoms with Crippen molar-refractivity contribution in [2.75, 3.05) is 17.2 Å². The lowest BCUT2D eigenvalue weighted by molar-refractivity contribution is -0.116. The first kappa shape index (κ1) is 22.7. The minimum Gasteiger partial charge on any atom is -0.330 e. The fourth-order valence-electron chi connectivity index (χ4n) is 2.49. The summed E-state index contributed by atoms with van der Waals surface area (Å²) in [5.74, 6) is -0.333. The van der Waals surface area contributed by atoms with Crippen molar-refractivity contribution in [1.82, 2.24) is 0 Å². The van der Waals surface area contributed by atoms with Gasteiger partial charge in [0.2, 0.25) is 5.91 Å². The molecule has 0 spiro atoms. The molecule has 2 aromatic rings. The average Bonchev–Trinajstić information content (AvgIpc) is 2.61. The predicted octanol–water partition coefficient (Wildman–Crippen LogP) is 4.34. The summed E-state index contributed by atoms with van der Waals surface area (Å²) in [7, 11) is 0. The van der Waals surface area contributed by atoms with Crippen LogP contribution in [0, 0.1) is 0 Å². The maximum atomic E-state index is 12.5. The smallest absolute Gasteiger partial charge is 0.255 e. The topological polar surface area (TPSA) is 84.2 Å². The van der Waals surface area contributed by atoms with Crippen molar-refractivity contribution < 1.29 is 9.59 Å². The number of nitrogens with one attached hydrogen (secondary N) is 2. The Kier molecular flexibility index (Phi) is 8.47. The van der Waals surface area contributed by atoms with Gasteiger partial charge in [-0.2, -0.15) is 0 Å². The number of hydrogen-bond acceptors (Lipinski definition) is 3. The molecule has 0 aliphatic heterocycles. The third-order valence-electron chi connectivity index (χ3n) is 4.07. The van der Waals surface area contributed by atoms with Crippen molar-refractivity contribution in [2.45, 2.75) is 39.0 Å². The fourth-order valence-corrected chi connectivity index (χ4v) is 2.49. The number of rotatable bonds is 6. The van der Waals surface area contributed by atoms with E-state index in [-0.39, 0.29) is 29.6 Å². The number of amides is 2. The van der Waals surface area contributed by atoms with E-state index in [4.69, 9.17) is 5.73 Å². The van der Waals surface area contributed by atoms with Gasteiger partial charge in [-0.05, 0) is 48.2 Å². The van der Waals surface area contributed by atoms with Crippen LogP contribution in [0.5, 0.6) is 0 Å². The van der Waals surface area contributed by atoms with Crippen LogP contribution in [0.3, 0.4) is 0 Å². The van der Waals surface area contributed by atoms with Crippen LogP contribution in [0.25, 0.3) is 0 Å². The molecule has 2 aromatic carbocycles. The summed E-state index contributed by atoms with van der Waals surface area (Å²) in [6.45, 7) is 6.86. The van der Waals surface area contributed by atoms with Crippen molar-refractivity contribution in [2.24, 2.45) is 5.73 Å². The number of benzene rings is 2. The van der Waals surface area contributed by atoms with Crippen LogP contribution in [0.1, 0.15) is 49.5 Å². The zero-order valence-corrected chi connectivity index (χ0v) is 16.9. The number of para-hydroxylation sites is 2. The quantitative estimate of drug-likeness (QED) is 0.687. The van der Waals surface area contributed by atoms with Gasteiger partial charge in [0.15, 0.2) is 0 Å². The molecule has 0 aliphatic carbocycles. The van der Waals surface area contributed by atoms with Gasteiger partial charge in [-0.3, -0.25) is 9.59 Å². The molecule has 0 saturated heterocycles. The van der Waals surface area contributed by atoms with Gasteiger partial charge in [-0.1, -0.05) is 45.0 Å². The molecule has 0 heterocycles. The second-order valence-corrected chi connectivity index (χ2v) is 7.27. The molecular formula is C21H28ClN3O2. The van der Waals surface area contributed by atoms with Gasteiger partial charge in [0.1, 0.15) is 0 Å². The second-order valence-electron chi connectivity index (χ2n) is 7.27. The second kappa shape index (κ2) is 10.1. The van der Waals surface area contributed by atoms with Crippen LogP contribution in [-0.4, -0.2) is 18.4 Å². The Bertz CT molecular complexity index is 768. The fraction of sp³-hybridized carbons (Fsp3) is 0.333. The summed E-state index contributed by atoms with van der Waals surface area (Å²) in [5, 5.41) is 5.69. The van der Waals surface area contributed by atoms with E-state index in [2.05, 4.69) is 31.4 Å². The molecule has 27 heavy (non-hydrogen) atoms. The monoisotopic (exact) mass is 389 g/mol. The lowest BCUT2D eigenvalue weighted by Crippen LogP contribution is -2.17. The maximum Gasteiger partial charge on any atom is 0.255 e. The van der Waals surface area contributed by atoms with Gasteiger partial charge in [0.05, 0.1) is 11.4 Å². The first-order valence-electron chi connectivity index (χ1n) is 8.82. The Morgan fingerprint density at radius 1 is 0.926 bits per heavy atom. The minimum absolute atomic E-state index is 0. The lowest BCUT2D eigenvalue weighted by Gasteiger charge is -2.19. The van der Waals surface area contributed by atoms with E-state index in [1.165, 1.54) is 5.56 Å². The third-order valence-corrected chi connectivity index (χ3v) is 4.07. The molecule has 0 aliphatic rings. The first-order chi connectivity index (χ1) is 12.3. The summed E-state index contributed by atoms with van der Waals surface area (Å²) in [6, 6.07) is 14.7. The summed E-state index contributed by atoms with van der Waals surface area (Å²) < 4.78 is 0. The van der Waals surface area contributed by atoms with E-state index in [1.54, 1.807) is 12.1 Å². The van der Waals surface area contributed by atoms with Gasteiger partial charge in [0.25, 0.3) is 5.91 Å². The van der Waals surface area contributed by atoms with E-state index in [1.807, 2.05) is 36.4 Å². The predicted molar refractivity (Wildman–Crippen MR) is 114 cm³/mol. The summed E-state index contributed by atoms with van der Waals surface area (Å²) in [6.07, 6.45) is 0.980. The molecule has 2 rings (SSSR count). The van der Waals surface area contributed by atoms with Crippen molar-refractivity contribution in [1.29, 1.82) is 0 Å². The lowest BCUT2D eigenvalue weighted by atomic mass is 9.87. The molecular weight excluding hydrogens is 362 g/mol. The highest BCUT2D eigenvalue weighted by atomic mass is 35.5. The molecule has 0 radical (unpaired) electrons. The SMILES string of the molecule is CC(C)(C)c1ccc(C(=O)Nc2ccccc2NC(=O)CCCN)cc1.Cl. The van der Waals surface area contributed by atoms with Crippen LogP contribution < -0.4 is 16.4 Å². The summed E-state index contributed by atoms with van der Waals surface area (Å²) in [4.78, 5) is 24.5. The Hall–Kier alpha value is -2.37. The van der Waals surface area contributed by atoms with E-state index in [0.717, 1.165) is 0 Å². The number of anilines is 2. The van der Waals surface area contributed by atoms with E-state index in [0.29, 0.717) is 36.3 Å². The Balaban J connectivity index is 0.00000364. The Morgan fingerprint density at radius 3 is 2.00 bits per heavy atom. The van der Waals surface area contributed by atoms with Crippen molar-refractivity contribution in [3.05, 3.63) is 59.7 Å². The largest absolute Gasteiger partial charge is 0.330 e. The molecule has 0 atom stereocenters. The standard InChI is InChI=1S/C21H27N3O2.ClH/c1-21(2,3)16-12-10-15(11-13-16)20(26)24-18-8-5-4-7-17(18)23-19(25)9-6-14-22;/h4-5,7-8,10-13H,6,9,14,22H2,1-3H3,(H,23,25)(H,24,26);1H. The summed E-state index contributed by atoms with van der Waals surface area (Å²) >= 11 is 0. The highest BCUT2D eigenvalue weighted by Crippen LogP contribution is 2.24. The number of halogens is 1.